The van der Waals surface area contributed by atoms with Crippen LogP contribution in [0.4, 0.5) is 0 Å². The number of benzene rings is 1. The van der Waals surface area contributed by atoms with Crippen LogP contribution in [0, 0.1) is 11.8 Å². The van der Waals surface area contributed by atoms with Crippen LogP contribution in [0.2, 0.25) is 10.0 Å². The summed E-state index contributed by atoms with van der Waals surface area (Å²) in [7, 11) is 0. The molecular weight excluding hydrogens is 349 g/mol. The summed E-state index contributed by atoms with van der Waals surface area (Å²) >= 11 is 12.0. The summed E-state index contributed by atoms with van der Waals surface area (Å²) in [5.41, 5.74) is 0.871. The molecule has 0 aromatic heterocycles. The van der Waals surface area contributed by atoms with E-state index in [1.54, 1.807) is 17.0 Å². The molecule has 0 aliphatic carbocycles. The summed E-state index contributed by atoms with van der Waals surface area (Å²) in [4.78, 5) is 24.9. The van der Waals surface area contributed by atoms with E-state index in [0.717, 1.165) is 5.56 Å². The molecule has 0 saturated carbocycles. The van der Waals surface area contributed by atoms with Crippen molar-refractivity contribution in [2.75, 3.05) is 13.1 Å². The number of carbonyl (C=O) groups excluding carboxylic acids is 1. The van der Waals surface area contributed by atoms with Gasteiger partial charge in [0.1, 0.15) is 0 Å². The molecule has 1 aliphatic heterocycles. The van der Waals surface area contributed by atoms with Crippen molar-refractivity contribution < 1.29 is 14.7 Å². The highest BCUT2D eigenvalue weighted by Gasteiger charge is 2.32. The van der Waals surface area contributed by atoms with Gasteiger partial charge >= 0.3 is 5.97 Å². The Morgan fingerprint density at radius 1 is 1.41 bits per heavy atom. The van der Waals surface area contributed by atoms with E-state index in [0.29, 0.717) is 36.0 Å². The van der Waals surface area contributed by atoms with E-state index in [-0.39, 0.29) is 24.2 Å². The van der Waals surface area contributed by atoms with E-state index < -0.39 is 11.9 Å². The van der Waals surface area contributed by atoms with E-state index in [4.69, 9.17) is 28.3 Å². The molecule has 1 aromatic carbocycles. The van der Waals surface area contributed by atoms with Crippen LogP contribution >= 0.6 is 35.6 Å². The number of carboxylic acid groups (broad SMARTS) is 1. The molecule has 2 unspecified atom stereocenters. The Balaban J connectivity index is 0.00000242. The Kier molecular flexibility index (Phi) is 6.98. The minimum atomic E-state index is -0.835. The summed E-state index contributed by atoms with van der Waals surface area (Å²) in [6.45, 7) is 2.64. The molecule has 122 valence electrons. The SMILES string of the molecule is CC(Cc1ccc(Cl)cc1Cl)C(=O)N1CCC(C(=O)O)C1.Cl. The van der Waals surface area contributed by atoms with Crippen molar-refractivity contribution in [2.24, 2.45) is 11.8 Å². The summed E-state index contributed by atoms with van der Waals surface area (Å²) < 4.78 is 0. The first-order valence-corrected chi connectivity index (χ1v) is 7.59. The lowest BCUT2D eigenvalue weighted by molar-refractivity contribution is -0.141. The smallest absolute Gasteiger partial charge is 0.308 e. The number of hydrogen-bond donors (Lipinski definition) is 1. The molecule has 1 aromatic rings. The van der Waals surface area contributed by atoms with Crippen molar-refractivity contribution >= 4 is 47.5 Å². The monoisotopic (exact) mass is 365 g/mol. The van der Waals surface area contributed by atoms with Gasteiger partial charge in [-0.2, -0.15) is 0 Å². The van der Waals surface area contributed by atoms with Crippen molar-refractivity contribution in [2.45, 2.75) is 19.8 Å². The average Bonchev–Trinajstić information content (AvgIpc) is 2.90. The first-order valence-electron chi connectivity index (χ1n) is 6.84. The van der Waals surface area contributed by atoms with E-state index in [1.165, 1.54) is 0 Å². The van der Waals surface area contributed by atoms with Gasteiger partial charge in [0.05, 0.1) is 5.92 Å². The Morgan fingerprint density at radius 2 is 2.09 bits per heavy atom. The third kappa shape index (κ3) is 4.51. The van der Waals surface area contributed by atoms with Crippen molar-refractivity contribution in [3.05, 3.63) is 33.8 Å². The summed E-state index contributed by atoms with van der Waals surface area (Å²) in [5, 5.41) is 10.1. The van der Waals surface area contributed by atoms with Crippen LogP contribution in [0.15, 0.2) is 18.2 Å². The van der Waals surface area contributed by atoms with E-state index >= 15 is 0 Å². The lowest BCUT2D eigenvalue weighted by atomic mass is 10.00. The molecular formula is C15H18Cl3NO3. The van der Waals surface area contributed by atoms with E-state index in [2.05, 4.69) is 0 Å². The second kappa shape index (κ2) is 8.04. The van der Waals surface area contributed by atoms with Gasteiger partial charge in [-0.3, -0.25) is 9.59 Å². The second-order valence-corrected chi connectivity index (χ2v) is 6.29. The fourth-order valence-corrected chi connectivity index (χ4v) is 3.06. The quantitative estimate of drug-likeness (QED) is 0.887. The van der Waals surface area contributed by atoms with Gasteiger partial charge in [0.2, 0.25) is 5.91 Å². The highest BCUT2D eigenvalue weighted by atomic mass is 35.5. The van der Waals surface area contributed by atoms with Crippen LogP contribution in [0.5, 0.6) is 0 Å². The van der Waals surface area contributed by atoms with Gasteiger partial charge in [0, 0.05) is 29.1 Å². The van der Waals surface area contributed by atoms with Gasteiger partial charge in [0.15, 0.2) is 0 Å². The molecule has 0 radical (unpaired) electrons. The van der Waals surface area contributed by atoms with Gasteiger partial charge in [0.25, 0.3) is 0 Å². The standard InChI is InChI=1S/C15H17Cl2NO3.ClH/c1-9(6-10-2-3-12(16)7-13(10)17)14(19)18-5-4-11(8-18)15(20)21;/h2-3,7,9,11H,4-6,8H2,1H3,(H,20,21);1H. The number of carboxylic acids is 1. The van der Waals surface area contributed by atoms with Crippen molar-refractivity contribution in [1.82, 2.24) is 4.90 Å². The molecule has 1 aliphatic rings. The number of aliphatic carboxylic acids is 1. The number of halogens is 3. The van der Waals surface area contributed by atoms with Crippen LogP contribution in [0.25, 0.3) is 0 Å². The lowest BCUT2D eigenvalue weighted by Gasteiger charge is -2.21. The summed E-state index contributed by atoms with van der Waals surface area (Å²) in [5.74, 6) is -1.54. The zero-order valence-electron chi connectivity index (χ0n) is 12.1. The van der Waals surface area contributed by atoms with E-state index in [1.807, 2.05) is 13.0 Å². The maximum Gasteiger partial charge on any atom is 0.308 e. The molecule has 7 heteroatoms. The minimum absolute atomic E-state index is 0. The molecule has 2 rings (SSSR count). The number of hydrogen-bond acceptors (Lipinski definition) is 2. The highest BCUT2D eigenvalue weighted by Crippen LogP contribution is 2.25. The first-order chi connectivity index (χ1) is 9.88. The maximum atomic E-state index is 12.4. The van der Waals surface area contributed by atoms with Crippen molar-refractivity contribution in [1.29, 1.82) is 0 Å². The number of carbonyl (C=O) groups is 2. The molecule has 1 amide bonds. The van der Waals surface area contributed by atoms with Gasteiger partial charge < -0.3 is 10.0 Å². The molecule has 1 heterocycles. The predicted molar refractivity (Wildman–Crippen MR) is 88.9 cm³/mol. The number of rotatable bonds is 4. The molecule has 1 fully saturated rings. The Bertz CT molecular complexity index is 565. The van der Waals surface area contributed by atoms with Crippen LogP contribution in [0.3, 0.4) is 0 Å². The number of nitrogens with zero attached hydrogens (tertiary/aromatic N) is 1. The third-order valence-corrected chi connectivity index (χ3v) is 4.40. The summed E-state index contributed by atoms with van der Waals surface area (Å²) in [6, 6.07) is 5.22. The fourth-order valence-electron chi connectivity index (χ4n) is 2.58. The molecule has 0 bridgehead atoms. The molecule has 1 N–H and O–H groups in total. The third-order valence-electron chi connectivity index (χ3n) is 3.81. The van der Waals surface area contributed by atoms with Crippen LogP contribution in [-0.4, -0.2) is 35.0 Å². The van der Waals surface area contributed by atoms with Crippen molar-refractivity contribution in [3.8, 4) is 0 Å². The zero-order valence-corrected chi connectivity index (χ0v) is 14.4. The van der Waals surface area contributed by atoms with Gasteiger partial charge in [-0.05, 0) is 30.5 Å². The zero-order chi connectivity index (χ0) is 15.6. The predicted octanol–water partition coefficient (Wildman–Crippen LogP) is 3.53. The molecule has 1 saturated heterocycles. The molecule has 4 nitrogen and oxygen atoms in total. The number of amides is 1. The van der Waals surface area contributed by atoms with E-state index in [9.17, 15) is 9.59 Å². The largest absolute Gasteiger partial charge is 0.481 e. The molecule has 2 atom stereocenters. The maximum absolute atomic E-state index is 12.4. The Hall–Kier alpha value is -0.970. The molecule has 0 spiro atoms. The lowest BCUT2D eigenvalue weighted by Crippen LogP contribution is -2.34. The first kappa shape index (κ1) is 19.1. The molecule has 22 heavy (non-hydrogen) atoms. The topological polar surface area (TPSA) is 57.6 Å². The van der Waals surface area contributed by atoms with Gasteiger partial charge in [-0.1, -0.05) is 36.2 Å². The minimum Gasteiger partial charge on any atom is -0.481 e. The van der Waals surface area contributed by atoms with Gasteiger partial charge in [-0.15, -0.1) is 12.4 Å². The Morgan fingerprint density at radius 3 is 2.64 bits per heavy atom. The fraction of sp³-hybridized carbons (Fsp3) is 0.467. The second-order valence-electron chi connectivity index (χ2n) is 5.45. The summed E-state index contributed by atoms with van der Waals surface area (Å²) in [6.07, 6.45) is 1.04. The van der Waals surface area contributed by atoms with Crippen LogP contribution < -0.4 is 0 Å². The normalized spacial score (nSPS) is 18.7. The van der Waals surface area contributed by atoms with Crippen LogP contribution in [0.1, 0.15) is 18.9 Å². The Labute approximate surface area is 145 Å². The van der Waals surface area contributed by atoms with Gasteiger partial charge in [-0.25, -0.2) is 0 Å². The number of likely N-dealkylation sites (tertiary alicyclic amines) is 1. The highest BCUT2D eigenvalue weighted by molar-refractivity contribution is 6.35. The van der Waals surface area contributed by atoms with Crippen molar-refractivity contribution in [3.63, 3.8) is 0 Å². The van der Waals surface area contributed by atoms with Crippen LogP contribution in [-0.2, 0) is 16.0 Å². The average molecular weight is 367 g/mol.